The molecule has 0 radical (unpaired) electrons. The SMILES string of the molecule is O=C(O)CCN1CCC2(CCOCC2)OC1=O. The molecule has 0 saturated carbocycles. The van der Waals surface area contributed by atoms with Crippen molar-refractivity contribution in [2.24, 2.45) is 0 Å². The Balaban J connectivity index is 1.88. The van der Waals surface area contributed by atoms with E-state index in [-0.39, 0.29) is 24.7 Å². The first kappa shape index (κ1) is 12.2. The standard InChI is InChI=1S/C11H17NO5/c13-9(14)1-5-12-6-2-11(17-10(12)15)3-7-16-8-4-11/h1-8H2,(H,13,14). The van der Waals surface area contributed by atoms with Crippen LogP contribution in [0.3, 0.4) is 0 Å². The summed E-state index contributed by atoms with van der Waals surface area (Å²) >= 11 is 0. The van der Waals surface area contributed by atoms with Gasteiger partial charge in [-0.25, -0.2) is 4.79 Å². The maximum absolute atomic E-state index is 11.8. The highest BCUT2D eigenvalue weighted by Crippen LogP contribution is 2.32. The van der Waals surface area contributed by atoms with Gasteiger partial charge in [0.15, 0.2) is 0 Å². The maximum Gasteiger partial charge on any atom is 0.410 e. The summed E-state index contributed by atoms with van der Waals surface area (Å²) in [7, 11) is 0. The van der Waals surface area contributed by atoms with Crippen LogP contribution in [0.25, 0.3) is 0 Å². The van der Waals surface area contributed by atoms with E-state index in [2.05, 4.69) is 0 Å². The minimum atomic E-state index is -0.899. The van der Waals surface area contributed by atoms with Gasteiger partial charge in [-0.05, 0) is 0 Å². The molecule has 1 amide bonds. The third-order valence-corrected chi connectivity index (χ3v) is 3.40. The number of hydrogen-bond donors (Lipinski definition) is 1. The van der Waals surface area contributed by atoms with Crippen LogP contribution >= 0.6 is 0 Å². The summed E-state index contributed by atoms with van der Waals surface area (Å²) < 4.78 is 10.7. The molecule has 2 fully saturated rings. The molecule has 2 heterocycles. The molecule has 17 heavy (non-hydrogen) atoms. The van der Waals surface area contributed by atoms with Gasteiger partial charge in [-0.3, -0.25) is 4.79 Å². The van der Waals surface area contributed by atoms with E-state index in [4.69, 9.17) is 14.6 Å². The molecule has 1 N–H and O–H groups in total. The fraction of sp³-hybridized carbons (Fsp3) is 0.818. The van der Waals surface area contributed by atoms with E-state index in [0.29, 0.717) is 19.8 Å². The number of nitrogens with zero attached hydrogens (tertiary/aromatic N) is 1. The summed E-state index contributed by atoms with van der Waals surface area (Å²) in [6.07, 6.45) is 1.82. The second kappa shape index (κ2) is 4.91. The first-order valence-corrected chi connectivity index (χ1v) is 5.89. The molecular weight excluding hydrogens is 226 g/mol. The number of hydrogen-bond acceptors (Lipinski definition) is 4. The van der Waals surface area contributed by atoms with Gasteiger partial charge in [0.1, 0.15) is 5.60 Å². The Bertz CT molecular complexity index is 311. The minimum Gasteiger partial charge on any atom is -0.481 e. The van der Waals surface area contributed by atoms with Crippen molar-refractivity contribution in [3.05, 3.63) is 0 Å². The van der Waals surface area contributed by atoms with Crippen molar-refractivity contribution in [2.45, 2.75) is 31.3 Å². The van der Waals surface area contributed by atoms with E-state index < -0.39 is 5.97 Å². The van der Waals surface area contributed by atoms with Crippen LogP contribution in [0, 0.1) is 0 Å². The van der Waals surface area contributed by atoms with Gasteiger partial charge in [-0.1, -0.05) is 0 Å². The minimum absolute atomic E-state index is 0.0365. The molecule has 0 unspecified atom stereocenters. The number of amides is 1. The first-order chi connectivity index (χ1) is 8.11. The first-order valence-electron chi connectivity index (χ1n) is 5.89. The highest BCUT2D eigenvalue weighted by atomic mass is 16.6. The maximum atomic E-state index is 11.8. The molecule has 2 saturated heterocycles. The van der Waals surface area contributed by atoms with Crippen LogP contribution in [-0.2, 0) is 14.3 Å². The van der Waals surface area contributed by atoms with E-state index >= 15 is 0 Å². The third kappa shape index (κ3) is 2.88. The summed E-state index contributed by atoms with van der Waals surface area (Å²) in [6.45, 7) is 2.05. The average Bonchev–Trinajstić information content (AvgIpc) is 2.29. The molecule has 0 aromatic rings. The van der Waals surface area contributed by atoms with E-state index in [1.165, 1.54) is 4.90 Å². The molecule has 2 aliphatic rings. The lowest BCUT2D eigenvalue weighted by atomic mass is 9.89. The molecule has 2 rings (SSSR count). The Kier molecular flexibility index (Phi) is 3.51. The monoisotopic (exact) mass is 243 g/mol. The van der Waals surface area contributed by atoms with Crippen LogP contribution in [0.5, 0.6) is 0 Å². The zero-order chi connectivity index (χ0) is 12.3. The van der Waals surface area contributed by atoms with E-state index in [1.54, 1.807) is 0 Å². The summed E-state index contributed by atoms with van der Waals surface area (Å²) in [5.74, 6) is -0.899. The zero-order valence-electron chi connectivity index (χ0n) is 9.68. The highest BCUT2D eigenvalue weighted by molar-refractivity contribution is 5.71. The molecule has 0 aromatic carbocycles. The number of aliphatic carboxylic acids is 1. The number of carboxylic acid groups (broad SMARTS) is 1. The molecule has 0 atom stereocenters. The van der Waals surface area contributed by atoms with Crippen LogP contribution in [0.2, 0.25) is 0 Å². The second-order valence-corrected chi connectivity index (χ2v) is 4.54. The van der Waals surface area contributed by atoms with Crippen molar-refractivity contribution in [3.8, 4) is 0 Å². The Labute approximate surface area is 99.5 Å². The van der Waals surface area contributed by atoms with Crippen LogP contribution in [0.15, 0.2) is 0 Å². The normalized spacial score (nSPS) is 23.5. The van der Waals surface area contributed by atoms with Crippen LogP contribution in [0.4, 0.5) is 4.79 Å². The number of carbonyl (C=O) groups excluding carboxylic acids is 1. The molecule has 0 bridgehead atoms. The van der Waals surface area contributed by atoms with Gasteiger partial charge in [-0.2, -0.15) is 0 Å². The van der Waals surface area contributed by atoms with Crippen LogP contribution < -0.4 is 0 Å². The van der Waals surface area contributed by atoms with Crippen molar-refractivity contribution >= 4 is 12.1 Å². The number of ether oxygens (including phenoxy) is 2. The molecule has 96 valence electrons. The third-order valence-electron chi connectivity index (χ3n) is 3.40. The predicted octanol–water partition coefficient (Wildman–Crippen LogP) is 0.853. The number of carboxylic acids is 1. The highest BCUT2D eigenvalue weighted by Gasteiger charge is 2.41. The van der Waals surface area contributed by atoms with Gasteiger partial charge in [0.25, 0.3) is 0 Å². The summed E-state index contributed by atoms with van der Waals surface area (Å²) in [6, 6.07) is 0. The summed E-state index contributed by atoms with van der Waals surface area (Å²) in [5.41, 5.74) is -0.366. The van der Waals surface area contributed by atoms with E-state index in [1.807, 2.05) is 0 Å². The van der Waals surface area contributed by atoms with Gasteiger partial charge < -0.3 is 19.5 Å². The predicted molar refractivity (Wildman–Crippen MR) is 57.7 cm³/mol. The molecule has 0 aliphatic carbocycles. The van der Waals surface area contributed by atoms with Crippen LogP contribution in [-0.4, -0.2) is 54.0 Å². The Morgan fingerprint density at radius 3 is 2.65 bits per heavy atom. The number of carbonyl (C=O) groups is 2. The lowest BCUT2D eigenvalue weighted by Crippen LogP contribution is -2.52. The molecule has 6 heteroatoms. The van der Waals surface area contributed by atoms with E-state index in [9.17, 15) is 9.59 Å². The largest absolute Gasteiger partial charge is 0.481 e. The molecule has 1 spiro atoms. The molecule has 0 aromatic heterocycles. The summed E-state index contributed by atoms with van der Waals surface area (Å²) in [4.78, 5) is 23.7. The Morgan fingerprint density at radius 1 is 1.35 bits per heavy atom. The fourth-order valence-corrected chi connectivity index (χ4v) is 2.26. The van der Waals surface area contributed by atoms with Gasteiger partial charge in [-0.15, -0.1) is 0 Å². The Morgan fingerprint density at radius 2 is 2.06 bits per heavy atom. The molecule has 6 nitrogen and oxygen atoms in total. The molecule has 2 aliphatic heterocycles. The van der Waals surface area contributed by atoms with Crippen molar-refractivity contribution in [2.75, 3.05) is 26.3 Å². The second-order valence-electron chi connectivity index (χ2n) is 4.54. The van der Waals surface area contributed by atoms with Crippen LogP contribution in [0.1, 0.15) is 25.7 Å². The topological polar surface area (TPSA) is 76.1 Å². The van der Waals surface area contributed by atoms with Crippen molar-refractivity contribution in [1.82, 2.24) is 4.90 Å². The summed E-state index contributed by atoms with van der Waals surface area (Å²) in [5, 5.41) is 8.58. The van der Waals surface area contributed by atoms with Gasteiger partial charge in [0.2, 0.25) is 0 Å². The van der Waals surface area contributed by atoms with E-state index in [0.717, 1.165) is 19.3 Å². The zero-order valence-corrected chi connectivity index (χ0v) is 9.68. The quantitative estimate of drug-likeness (QED) is 0.795. The van der Waals surface area contributed by atoms with Crippen molar-refractivity contribution < 1.29 is 24.2 Å². The smallest absolute Gasteiger partial charge is 0.410 e. The van der Waals surface area contributed by atoms with Gasteiger partial charge >= 0.3 is 12.1 Å². The van der Waals surface area contributed by atoms with Crippen molar-refractivity contribution in [1.29, 1.82) is 0 Å². The molecular formula is C11H17NO5. The average molecular weight is 243 g/mol. The fourth-order valence-electron chi connectivity index (χ4n) is 2.26. The lowest BCUT2D eigenvalue weighted by molar-refractivity contribution is -0.137. The number of rotatable bonds is 3. The lowest BCUT2D eigenvalue weighted by Gasteiger charge is -2.43. The van der Waals surface area contributed by atoms with Gasteiger partial charge in [0, 0.05) is 32.4 Å². The van der Waals surface area contributed by atoms with Crippen molar-refractivity contribution in [3.63, 3.8) is 0 Å². The van der Waals surface area contributed by atoms with Gasteiger partial charge in [0.05, 0.1) is 19.6 Å². The Hall–Kier alpha value is -1.30.